The van der Waals surface area contributed by atoms with Crippen molar-refractivity contribution >= 4 is 34.1 Å². The number of carbonyl (C=O) groups is 1. The van der Waals surface area contributed by atoms with Gasteiger partial charge in [0.05, 0.1) is 15.8 Å². The predicted molar refractivity (Wildman–Crippen MR) is 113 cm³/mol. The molecule has 1 amide bonds. The average molecular weight is 421 g/mol. The van der Waals surface area contributed by atoms with Crippen LogP contribution in [0.5, 0.6) is 0 Å². The maximum atomic E-state index is 13.1. The van der Waals surface area contributed by atoms with Gasteiger partial charge in [-0.15, -0.1) is 0 Å². The van der Waals surface area contributed by atoms with Crippen molar-refractivity contribution in [3.8, 4) is 11.4 Å². The number of non-ortho nitro benzene ring substituents is 1. The van der Waals surface area contributed by atoms with E-state index in [2.05, 4.69) is 10.4 Å². The highest BCUT2D eigenvalue weighted by molar-refractivity contribution is 6.30. The van der Waals surface area contributed by atoms with Crippen LogP contribution in [-0.2, 0) is 0 Å². The molecule has 0 aliphatic heterocycles. The quantitative estimate of drug-likeness (QED) is 0.396. The number of halogens is 1. The molecule has 1 N–H and O–H groups in total. The number of hydrogen-bond donors (Lipinski definition) is 1. The fourth-order valence-electron chi connectivity index (χ4n) is 2.96. The fraction of sp³-hybridized carbons (Fsp3) is 0. The molecule has 9 heteroatoms. The molecule has 0 fully saturated rings. The Morgan fingerprint density at radius 3 is 2.47 bits per heavy atom. The van der Waals surface area contributed by atoms with E-state index in [9.17, 15) is 19.7 Å². The molecular formula is C21H13ClN4O4. The highest BCUT2D eigenvalue weighted by Crippen LogP contribution is 2.22. The summed E-state index contributed by atoms with van der Waals surface area (Å²) in [4.78, 5) is 40.6. The fourth-order valence-corrected chi connectivity index (χ4v) is 3.15. The number of aromatic nitrogens is 2. The lowest BCUT2D eigenvalue weighted by molar-refractivity contribution is -0.384. The number of para-hydroxylation sites is 1. The number of nitrogens with zero attached hydrogens (tertiary/aromatic N) is 3. The van der Waals surface area contributed by atoms with Gasteiger partial charge in [0, 0.05) is 28.3 Å². The van der Waals surface area contributed by atoms with Crippen LogP contribution in [0.4, 0.5) is 5.69 Å². The molecule has 0 saturated heterocycles. The van der Waals surface area contributed by atoms with Crippen molar-refractivity contribution in [2.45, 2.75) is 0 Å². The number of benzene rings is 3. The van der Waals surface area contributed by atoms with Gasteiger partial charge in [-0.25, -0.2) is 4.98 Å². The second kappa shape index (κ2) is 7.76. The summed E-state index contributed by atoms with van der Waals surface area (Å²) in [6, 6.07) is 18.6. The minimum absolute atomic E-state index is 0.143. The zero-order valence-corrected chi connectivity index (χ0v) is 16.0. The Kier molecular flexibility index (Phi) is 4.99. The van der Waals surface area contributed by atoms with Crippen LogP contribution in [0.3, 0.4) is 0 Å². The molecule has 0 radical (unpaired) electrons. The Hall–Kier alpha value is -4.04. The summed E-state index contributed by atoms with van der Waals surface area (Å²) in [7, 11) is 0. The van der Waals surface area contributed by atoms with Crippen LogP contribution in [0.25, 0.3) is 22.3 Å². The van der Waals surface area contributed by atoms with Crippen molar-refractivity contribution in [1.82, 2.24) is 9.66 Å². The molecule has 0 unspecified atom stereocenters. The van der Waals surface area contributed by atoms with E-state index in [0.29, 0.717) is 21.5 Å². The number of rotatable bonds is 4. The highest BCUT2D eigenvalue weighted by Gasteiger charge is 2.17. The second-order valence-corrected chi connectivity index (χ2v) is 6.78. The molecule has 0 aliphatic rings. The van der Waals surface area contributed by atoms with E-state index >= 15 is 0 Å². The number of hydrogen-bond acceptors (Lipinski definition) is 5. The smallest absolute Gasteiger partial charge is 0.267 e. The lowest BCUT2D eigenvalue weighted by Gasteiger charge is -2.15. The topological polar surface area (TPSA) is 107 Å². The maximum absolute atomic E-state index is 13.1. The lowest BCUT2D eigenvalue weighted by Crippen LogP contribution is -2.35. The summed E-state index contributed by atoms with van der Waals surface area (Å²) in [6.07, 6.45) is 0. The van der Waals surface area contributed by atoms with Gasteiger partial charge in [-0.1, -0.05) is 35.9 Å². The number of nitro groups is 1. The van der Waals surface area contributed by atoms with E-state index in [0.717, 1.165) is 4.68 Å². The summed E-state index contributed by atoms with van der Waals surface area (Å²) in [6.45, 7) is 0. The van der Waals surface area contributed by atoms with Crippen molar-refractivity contribution < 1.29 is 9.72 Å². The summed E-state index contributed by atoms with van der Waals surface area (Å²) in [5, 5.41) is 11.6. The highest BCUT2D eigenvalue weighted by atomic mass is 35.5. The van der Waals surface area contributed by atoms with Crippen LogP contribution >= 0.6 is 11.6 Å². The average Bonchev–Trinajstić information content (AvgIpc) is 2.75. The van der Waals surface area contributed by atoms with Crippen molar-refractivity contribution in [2.24, 2.45) is 0 Å². The molecule has 0 aliphatic carbocycles. The molecule has 1 heterocycles. The van der Waals surface area contributed by atoms with Crippen LogP contribution in [0, 0.1) is 10.1 Å². The summed E-state index contributed by atoms with van der Waals surface area (Å²) < 4.78 is 1.05. The van der Waals surface area contributed by atoms with Gasteiger partial charge in [-0.3, -0.25) is 25.1 Å². The SMILES string of the molecule is O=C(Nn1c(-c2cccc(Cl)c2)nc2ccccc2c1=O)c1ccc([N+](=O)[O-])cc1. The Bertz CT molecular complexity index is 1350. The van der Waals surface area contributed by atoms with E-state index in [1.54, 1.807) is 48.5 Å². The third-order valence-corrected chi connectivity index (χ3v) is 4.65. The third kappa shape index (κ3) is 3.63. The normalized spacial score (nSPS) is 10.7. The minimum Gasteiger partial charge on any atom is -0.267 e. The largest absolute Gasteiger partial charge is 0.280 e. The maximum Gasteiger partial charge on any atom is 0.280 e. The molecule has 0 atom stereocenters. The van der Waals surface area contributed by atoms with Crippen molar-refractivity contribution in [3.63, 3.8) is 0 Å². The Morgan fingerprint density at radius 2 is 1.77 bits per heavy atom. The summed E-state index contributed by atoms with van der Waals surface area (Å²) in [5.41, 5.74) is 3.09. The predicted octanol–water partition coefficient (Wildman–Crippen LogP) is 4.01. The van der Waals surface area contributed by atoms with Crippen molar-refractivity contribution in [3.05, 3.63) is 104 Å². The van der Waals surface area contributed by atoms with Gasteiger partial charge in [0.25, 0.3) is 17.2 Å². The molecule has 30 heavy (non-hydrogen) atoms. The van der Waals surface area contributed by atoms with Gasteiger partial charge in [0.1, 0.15) is 0 Å². The van der Waals surface area contributed by atoms with Crippen LogP contribution in [0.2, 0.25) is 5.02 Å². The van der Waals surface area contributed by atoms with Crippen LogP contribution in [0.1, 0.15) is 10.4 Å². The van der Waals surface area contributed by atoms with E-state index < -0.39 is 16.4 Å². The molecule has 8 nitrogen and oxygen atoms in total. The number of amides is 1. The number of fused-ring (bicyclic) bond motifs is 1. The molecule has 4 aromatic rings. The first kappa shape index (κ1) is 19.3. The lowest BCUT2D eigenvalue weighted by atomic mass is 10.2. The van der Waals surface area contributed by atoms with Gasteiger partial charge in [0.2, 0.25) is 0 Å². The zero-order chi connectivity index (χ0) is 21.3. The number of carbonyl (C=O) groups excluding carboxylic acids is 1. The van der Waals surface area contributed by atoms with Gasteiger partial charge in [-0.2, -0.15) is 4.68 Å². The number of nitro benzene ring substituents is 1. The van der Waals surface area contributed by atoms with E-state index in [1.165, 1.54) is 24.3 Å². The third-order valence-electron chi connectivity index (χ3n) is 4.41. The summed E-state index contributed by atoms with van der Waals surface area (Å²) >= 11 is 6.09. The standard InChI is InChI=1S/C21H13ClN4O4/c22-15-5-3-4-14(12-15)19-23-18-7-2-1-6-17(18)21(28)25(19)24-20(27)13-8-10-16(11-9-13)26(29)30/h1-12H,(H,24,27). The first-order valence-electron chi connectivity index (χ1n) is 8.77. The molecular weight excluding hydrogens is 408 g/mol. The van der Waals surface area contributed by atoms with Crippen LogP contribution in [-0.4, -0.2) is 20.5 Å². The van der Waals surface area contributed by atoms with E-state index in [1.807, 2.05) is 0 Å². The molecule has 0 spiro atoms. The first-order valence-corrected chi connectivity index (χ1v) is 9.15. The zero-order valence-electron chi connectivity index (χ0n) is 15.3. The Labute approximate surface area is 174 Å². The number of nitrogens with one attached hydrogen (secondary N) is 1. The second-order valence-electron chi connectivity index (χ2n) is 6.35. The van der Waals surface area contributed by atoms with E-state index in [4.69, 9.17) is 11.6 Å². The molecule has 4 rings (SSSR count). The summed E-state index contributed by atoms with van der Waals surface area (Å²) in [5.74, 6) is -0.413. The van der Waals surface area contributed by atoms with Crippen molar-refractivity contribution in [1.29, 1.82) is 0 Å². The van der Waals surface area contributed by atoms with Gasteiger partial charge in [-0.05, 0) is 36.4 Å². The Balaban J connectivity index is 1.83. The molecule has 0 bridgehead atoms. The van der Waals surface area contributed by atoms with Crippen LogP contribution < -0.4 is 11.0 Å². The molecule has 3 aromatic carbocycles. The van der Waals surface area contributed by atoms with Gasteiger partial charge >= 0.3 is 0 Å². The van der Waals surface area contributed by atoms with Crippen LogP contribution in [0.15, 0.2) is 77.6 Å². The first-order chi connectivity index (χ1) is 14.4. The minimum atomic E-state index is -0.618. The molecule has 1 aromatic heterocycles. The monoisotopic (exact) mass is 420 g/mol. The van der Waals surface area contributed by atoms with Gasteiger partial charge in [0.15, 0.2) is 5.82 Å². The molecule has 0 saturated carbocycles. The van der Waals surface area contributed by atoms with Crippen molar-refractivity contribution in [2.75, 3.05) is 5.43 Å². The van der Waals surface area contributed by atoms with E-state index in [-0.39, 0.29) is 17.1 Å². The van der Waals surface area contributed by atoms with Gasteiger partial charge < -0.3 is 0 Å². The molecule has 148 valence electrons. The Morgan fingerprint density at radius 1 is 1.03 bits per heavy atom.